The SMILES string of the molecule is CN(C)Cc1ccc(C(=O)Nc2cccc(CCc3cc(NC(=O)c4ccc(N5CCOCC5)cc4)n(C(C)(C)C)n3)c2)cc1. The van der Waals surface area contributed by atoms with Crippen molar-refractivity contribution >= 4 is 29.0 Å². The van der Waals surface area contributed by atoms with Gasteiger partial charge in [0.25, 0.3) is 11.8 Å². The second-order valence-corrected chi connectivity index (χ2v) is 12.8. The molecular weight excluding hydrogens is 564 g/mol. The van der Waals surface area contributed by atoms with Crippen molar-refractivity contribution in [2.45, 2.75) is 45.7 Å². The van der Waals surface area contributed by atoms with E-state index in [0.717, 1.165) is 67.5 Å². The number of nitrogens with zero attached hydrogens (tertiary/aromatic N) is 4. The van der Waals surface area contributed by atoms with Gasteiger partial charge in [0.15, 0.2) is 0 Å². The van der Waals surface area contributed by atoms with Gasteiger partial charge in [0.05, 0.1) is 24.4 Å². The average Bonchev–Trinajstić information content (AvgIpc) is 3.44. The summed E-state index contributed by atoms with van der Waals surface area (Å²) in [4.78, 5) is 30.5. The number of anilines is 3. The number of aryl methyl sites for hydroxylation is 2. The highest BCUT2D eigenvalue weighted by Crippen LogP contribution is 2.24. The molecule has 45 heavy (non-hydrogen) atoms. The monoisotopic (exact) mass is 608 g/mol. The third-order valence-electron chi connectivity index (χ3n) is 7.71. The molecule has 0 aliphatic carbocycles. The second-order valence-electron chi connectivity index (χ2n) is 12.8. The molecule has 0 atom stereocenters. The first-order valence-corrected chi connectivity index (χ1v) is 15.5. The number of carbonyl (C=O) groups excluding carboxylic acids is 2. The first kappa shape index (κ1) is 31.9. The van der Waals surface area contributed by atoms with Gasteiger partial charge in [0, 0.05) is 48.2 Å². The molecule has 1 saturated heterocycles. The Morgan fingerprint density at radius 1 is 0.822 bits per heavy atom. The predicted molar refractivity (Wildman–Crippen MR) is 180 cm³/mol. The van der Waals surface area contributed by atoms with E-state index in [4.69, 9.17) is 9.84 Å². The number of aromatic nitrogens is 2. The van der Waals surface area contributed by atoms with Crippen molar-refractivity contribution in [1.29, 1.82) is 0 Å². The summed E-state index contributed by atoms with van der Waals surface area (Å²) >= 11 is 0. The minimum atomic E-state index is -0.323. The molecule has 0 radical (unpaired) electrons. The van der Waals surface area contributed by atoms with Crippen LogP contribution in [-0.2, 0) is 29.7 Å². The Morgan fingerprint density at radius 2 is 1.47 bits per heavy atom. The molecule has 2 heterocycles. The summed E-state index contributed by atoms with van der Waals surface area (Å²) in [6.45, 7) is 10.2. The normalized spacial score (nSPS) is 13.6. The zero-order valence-corrected chi connectivity index (χ0v) is 27.0. The lowest BCUT2D eigenvalue weighted by Gasteiger charge is -2.28. The Labute approximate surface area is 266 Å². The number of carbonyl (C=O) groups is 2. The van der Waals surface area contributed by atoms with Gasteiger partial charge in [-0.1, -0.05) is 24.3 Å². The Hall–Kier alpha value is -4.47. The van der Waals surface area contributed by atoms with Crippen LogP contribution < -0.4 is 15.5 Å². The van der Waals surface area contributed by atoms with E-state index in [2.05, 4.69) is 47.3 Å². The van der Waals surface area contributed by atoms with E-state index < -0.39 is 0 Å². The molecule has 5 rings (SSSR count). The van der Waals surface area contributed by atoms with E-state index in [1.807, 2.05) is 91.6 Å². The van der Waals surface area contributed by atoms with Crippen LogP contribution in [-0.4, -0.2) is 66.9 Å². The second kappa shape index (κ2) is 14.1. The van der Waals surface area contributed by atoms with Gasteiger partial charge in [-0.2, -0.15) is 5.10 Å². The topological polar surface area (TPSA) is 91.7 Å². The molecule has 2 N–H and O–H groups in total. The van der Waals surface area contributed by atoms with Crippen molar-refractivity contribution in [3.63, 3.8) is 0 Å². The molecule has 0 spiro atoms. The molecule has 0 bridgehead atoms. The van der Waals surface area contributed by atoms with Gasteiger partial charge in [-0.25, -0.2) is 4.68 Å². The van der Waals surface area contributed by atoms with Gasteiger partial charge >= 0.3 is 0 Å². The van der Waals surface area contributed by atoms with Crippen LogP contribution in [0.2, 0.25) is 0 Å². The Bertz CT molecular complexity index is 1600. The predicted octanol–water partition coefficient (Wildman–Crippen LogP) is 5.83. The van der Waals surface area contributed by atoms with Crippen LogP contribution in [0.3, 0.4) is 0 Å². The first-order valence-electron chi connectivity index (χ1n) is 15.5. The molecule has 0 saturated carbocycles. The van der Waals surface area contributed by atoms with Crippen molar-refractivity contribution in [3.05, 3.63) is 107 Å². The van der Waals surface area contributed by atoms with Crippen molar-refractivity contribution in [2.24, 2.45) is 0 Å². The number of hydrogen-bond acceptors (Lipinski definition) is 6. The summed E-state index contributed by atoms with van der Waals surface area (Å²) in [5, 5.41) is 11.0. The quantitative estimate of drug-likeness (QED) is 0.236. The summed E-state index contributed by atoms with van der Waals surface area (Å²) < 4.78 is 7.33. The Balaban J connectivity index is 1.22. The molecule has 1 aliphatic heterocycles. The van der Waals surface area contributed by atoms with Crippen LogP contribution in [0, 0.1) is 0 Å². The van der Waals surface area contributed by atoms with Crippen molar-refractivity contribution in [3.8, 4) is 0 Å². The fourth-order valence-electron chi connectivity index (χ4n) is 5.39. The van der Waals surface area contributed by atoms with Crippen LogP contribution in [0.25, 0.3) is 0 Å². The lowest BCUT2D eigenvalue weighted by atomic mass is 10.1. The van der Waals surface area contributed by atoms with Gasteiger partial charge < -0.3 is 25.2 Å². The van der Waals surface area contributed by atoms with E-state index in [1.165, 1.54) is 0 Å². The lowest BCUT2D eigenvalue weighted by Crippen LogP contribution is -2.36. The van der Waals surface area contributed by atoms with Gasteiger partial charge in [-0.3, -0.25) is 9.59 Å². The summed E-state index contributed by atoms with van der Waals surface area (Å²) in [7, 11) is 4.04. The van der Waals surface area contributed by atoms with Gasteiger partial charge in [0.1, 0.15) is 5.82 Å². The molecule has 9 heteroatoms. The smallest absolute Gasteiger partial charge is 0.256 e. The molecule has 1 fully saturated rings. The number of hydrogen-bond donors (Lipinski definition) is 2. The molecule has 2 amide bonds. The third-order valence-corrected chi connectivity index (χ3v) is 7.71. The molecular formula is C36H44N6O3. The number of amides is 2. The lowest BCUT2D eigenvalue weighted by molar-refractivity contribution is 0.101. The zero-order valence-electron chi connectivity index (χ0n) is 27.0. The molecule has 1 aliphatic rings. The van der Waals surface area contributed by atoms with Gasteiger partial charge in [-0.15, -0.1) is 0 Å². The highest BCUT2D eigenvalue weighted by Gasteiger charge is 2.22. The summed E-state index contributed by atoms with van der Waals surface area (Å²) in [6, 6.07) is 25.3. The number of rotatable bonds is 10. The zero-order chi connectivity index (χ0) is 32.0. The number of ether oxygens (including phenoxy) is 1. The fourth-order valence-corrected chi connectivity index (χ4v) is 5.39. The fraction of sp³-hybridized carbons (Fsp3) is 0.361. The Kier molecular flexibility index (Phi) is 10.0. The van der Waals surface area contributed by atoms with E-state index in [-0.39, 0.29) is 17.4 Å². The van der Waals surface area contributed by atoms with Crippen LogP contribution >= 0.6 is 0 Å². The first-order chi connectivity index (χ1) is 21.5. The number of nitrogens with one attached hydrogen (secondary N) is 2. The van der Waals surface area contributed by atoms with Gasteiger partial charge in [-0.05, 0) is 107 Å². The Morgan fingerprint density at radius 3 is 2.11 bits per heavy atom. The molecule has 236 valence electrons. The maximum atomic E-state index is 13.2. The van der Waals surface area contributed by atoms with Crippen molar-refractivity contribution in [1.82, 2.24) is 14.7 Å². The van der Waals surface area contributed by atoms with Crippen LogP contribution in [0.4, 0.5) is 17.2 Å². The minimum Gasteiger partial charge on any atom is -0.378 e. The maximum absolute atomic E-state index is 13.2. The van der Waals surface area contributed by atoms with E-state index in [0.29, 0.717) is 23.4 Å². The van der Waals surface area contributed by atoms with Crippen LogP contribution in [0.1, 0.15) is 58.3 Å². The van der Waals surface area contributed by atoms with Crippen LogP contribution in [0.15, 0.2) is 78.9 Å². The van der Waals surface area contributed by atoms with Gasteiger partial charge in [0.2, 0.25) is 0 Å². The largest absolute Gasteiger partial charge is 0.378 e. The summed E-state index contributed by atoms with van der Waals surface area (Å²) in [5.41, 5.74) is 5.87. The molecule has 4 aromatic rings. The van der Waals surface area contributed by atoms with Crippen molar-refractivity contribution < 1.29 is 14.3 Å². The standard InChI is InChI=1S/C36H44N6O3/c1-36(2,3)42-33(38-35(44)29-14-17-32(18-15-29)41-19-21-45-22-20-41)24-31(39-42)16-11-26-7-6-8-30(23-26)37-34(43)28-12-9-27(10-13-28)25-40(4)5/h6-10,12-15,17-18,23-24H,11,16,19-22,25H2,1-5H3,(H,37,43)(H,38,44). The van der Waals surface area contributed by atoms with Crippen molar-refractivity contribution in [2.75, 3.05) is 55.9 Å². The summed E-state index contributed by atoms with van der Waals surface area (Å²) in [5.74, 6) is 0.359. The molecule has 1 aromatic heterocycles. The highest BCUT2D eigenvalue weighted by atomic mass is 16.5. The molecule has 9 nitrogen and oxygen atoms in total. The number of morpholine rings is 1. The third kappa shape index (κ3) is 8.59. The van der Waals surface area contributed by atoms with E-state index in [1.54, 1.807) is 0 Å². The van der Waals surface area contributed by atoms with E-state index in [9.17, 15) is 9.59 Å². The highest BCUT2D eigenvalue weighted by molar-refractivity contribution is 6.04. The summed E-state index contributed by atoms with van der Waals surface area (Å²) in [6.07, 6.45) is 1.42. The van der Waals surface area contributed by atoms with E-state index >= 15 is 0 Å². The maximum Gasteiger partial charge on any atom is 0.256 e. The average molecular weight is 609 g/mol. The molecule has 0 unspecified atom stereocenters. The molecule has 3 aromatic carbocycles. The number of benzene rings is 3. The van der Waals surface area contributed by atoms with Crippen LogP contribution in [0.5, 0.6) is 0 Å². The minimum absolute atomic E-state index is 0.136.